The second-order valence-corrected chi connectivity index (χ2v) is 3.66. The average molecular weight is 226 g/mol. The molecule has 1 amide bonds. The van der Waals surface area contributed by atoms with Gasteiger partial charge in [-0.1, -0.05) is 0 Å². The quantitative estimate of drug-likeness (QED) is 0.795. The number of benzene rings is 1. The molecule has 0 aliphatic carbocycles. The Balaban J connectivity index is 2.62. The number of rotatable bonds is 4. The lowest BCUT2D eigenvalue weighted by atomic mass is 10.2. The zero-order valence-corrected chi connectivity index (χ0v) is 9.33. The van der Waals surface area contributed by atoms with Crippen molar-refractivity contribution in [3.8, 4) is 5.75 Å². The molecule has 0 aromatic heterocycles. The number of carbonyl (C=O) groups is 1. The van der Waals surface area contributed by atoms with Crippen molar-refractivity contribution in [2.45, 2.75) is 6.54 Å². The van der Waals surface area contributed by atoms with Crippen LogP contribution in [0.4, 0.5) is 4.39 Å². The number of aromatic hydroxyl groups is 1. The van der Waals surface area contributed by atoms with Crippen molar-refractivity contribution >= 4 is 5.91 Å². The highest BCUT2D eigenvalue weighted by molar-refractivity contribution is 5.77. The Labute approximate surface area is 93.7 Å². The van der Waals surface area contributed by atoms with Crippen LogP contribution >= 0.6 is 0 Å². The summed E-state index contributed by atoms with van der Waals surface area (Å²) in [5.41, 5.74) is 0.629. The molecule has 0 radical (unpaired) electrons. The van der Waals surface area contributed by atoms with Crippen molar-refractivity contribution in [2.24, 2.45) is 0 Å². The molecule has 0 fully saturated rings. The van der Waals surface area contributed by atoms with Gasteiger partial charge in [0.2, 0.25) is 5.91 Å². The van der Waals surface area contributed by atoms with Crippen LogP contribution in [0, 0.1) is 5.82 Å². The van der Waals surface area contributed by atoms with Gasteiger partial charge in [0.05, 0.1) is 6.54 Å². The molecule has 1 aromatic carbocycles. The minimum atomic E-state index is -0.483. The first-order valence-corrected chi connectivity index (χ1v) is 4.89. The molecule has 2 N–H and O–H groups in total. The van der Waals surface area contributed by atoms with E-state index in [9.17, 15) is 14.3 Å². The summed E-state index contributed by atoms with van der Waals surface area (Å²) in [4.78, 5) is 12.8. The summed E-state index contributed by atoms with van der Waals surface area (Å²) in [7, 11) is 3.31. The number of phenolic OH excluding ortho intramolecular Hbond substituents is 1. The zero-order chi connectivity index (χ0) is 12.1. The minimum absolute atomic E-state index is 0.108. The van der Waals surface area contributed by atoms with E-state index in [1.165, 1.54) is 12.1 Å². The van der Waals surface area contributed by atoms with E-state index in [2.05, 4.69) is 5.32 Å². The third-order valence-electron chi connectivity index (χ3n) is 2.09. The fourth-order valence-corrected chi connectivity index (χ4v) is 1.42. The first-order chi connectivity index (χ1) is 7.51. The first kappa shape index (κ1) is 12.4. The number of nitrogens with zero attached hydrogens (tertiary/aromatic N) is 1. The van der Waals surface area contributed by atoms with Crippen LogP contribution in [0.25, 0.3) is 0 Å². The topological polar surface area (TPSA) is 52.6 Å². The molecule has 0 unspecified atom stereocenters. The molecule has 1 rings (SSSR count). The molecule has 88 valence electrons. The SMILES string of the molecule is CNC(=O)CN(C)Cc1cc(O)cc(F)c1. The number of carbonyl (C=O) groups excluding carboxylic acids is 1. The summed E-state index contributed by atoms with van der Waals surface area (Å²) < 4.78 is 12.9. The van der Waals surface area contributed by atoms with E-state index in [0.717, 1.165) is 6.07 Å². The number of likely N-dealkylation sites (N-methyl/N-ethyl adjacent to an activating group) is 2. The van der Waals surface area contributed by atoms with E-state index in [-0.39, 0.29) is 18.2 Å². The van der Waals surface area contributed by atoms with Crippen LogP contribution in [0.15, 0.2) is 18.2 Å². The molecule has 0 bridgehead atoms. The van der Waals surface area contributed by atoms with Crippen molar-refractivity contribution in [3.05, 3.63) is 29.6 Å². The number of phenols is 1. The third-order valence-corrected chi connectivity index (χ3v) is 2.09. The molecule has 4 nitrogen and oxygen atoms in total. The van der Waals surface area contributed by atoms with Gasteiger partial charge >= 0.3 is 0 Å². The van der Waals surface area contributed by atoms with Crippen LogP contribution in [0.3, 0.4) is 0 Å². The Morgan fingerprint density at radius 1 is 1.50 bits per heavy atom. The Hall–Kier alpha value is -1.62. The summed E-state index contributed by atoms with van der Waals surface area (Å²) in [5.74, 6) is -0.699. The van der Waals surface area contributed by atoms with E-state index >= 15 is 0 Å². The number of nitrogens with one attached hydrogen (secondary N) is 1. The lowest BCUT2D eigenvalue weighted by Gasteiger charge is -2.15. The number of amides is 1. The average Bonchev–Trinajstić information content (AvgIpc) is 2.15. The first-order valence-electron chi connectivity index (χ1n) is 4.89. The molecule has 0 heterocycles. The van der Waals surface area contributed by atoms with Crippen LogP contribution < -0.4 is 5.32 Å². The molecular weight excluding hydrogens is 211 g/mol. The van der Waals surface area contributed by atoms with Crippen LogP contribution in [0.1, 0.15) is 5.56 Å². The smallest absolute Gasteiger partial charge is 0.233 e. The molecule has 0 aliphatic rings. The number of hydrogen-bond acceptors (Lipinski definition) is 3. The van der Waals surface area contributed by atoms with Crippen molar-refractivity contribution < 1.29 is 14.3 Å². The van der Waals surface area contributed by atoms with Crippen LogP contribution in [-0.4, -0.2) is 36.6 Å². The summed E-state index contributed by atoms with van der Waals surface area (Å²) in [6, 6.07) is 3.85. The van der Waals surface area contributed by atoms with Gasteiger partial charge in [-0.3, -0.25) is 9.69 Å². The Kier molecular flexibility index (Phi) is 4.25. The van der Waals surface area contributed by atoms with Crippen LogP contribution in [-0.2, 0) is 11.3 Å². The fraction of sp³-hybridized carbons (Fsp3) is 0.364. The monoisotopic (exact) mass is 226 g/mol. The van der Waals surface area contributed by atoms with Gasteiger partial charge in [0, 0.05) is 19.7 Å². The molecular formula is C11H15FN2O2. The zero-order valence-electron chi connectivity index (χ0n) is 9.33. The number of hydrogen-bond donors (Lipinski definition) is 2. The molecule has 0 aliphatic heterocycles. The van der Waals surface area contributed by atoms with E-state index < -0.39 is 5.82 Å². The maximum absolute atomic E-state index is 12.9. The van der Waals surface area contributed by atoms with Crippen molar-refractivity contribution in [2.75, 3.05) is 20.6 Å². The predicted octanol–water partition coefficient (Wildman–Crippen LogP) is 0.709. The Morgan fingerprint density at radius 3 is 2.75 bits per heavy atom. The van der Waals surface area contributed by atoms with Crippen LogP contribution in [0.2, 0.25) is 0 Å². The van der Waals surface area contributed by atoms with E-state index in [0.29, 0.717) is 12.1 Å². The van der Waals surface area contributed by atoms with Gasteiger partial charge in [0.25, 0.3) is 0 Å². The highest BCUT2D eigenvalue weighted by Gasteiger charge is 2.07. The molecule has 5 heteroatoms. The highest BCUT2D eigenvalue weighted by Crippen LogP contribution is 2.15. The van der Waals surface area contributed by atoms with Crippen LogP contribution in [0.5, 0.6) is 5.75 Å². The fourth-order valence-electron chi connectivity index (χ4n) is 1.42. The van der Waals surface area contributed by atoms with E-state index in [1.54, 1.807) is 19.0 Å². The maximum atomic E-state index is 12.9. The molecule has 16 heavy (non-hydrogen) atoms. The van der Waals surface area contributed by atoms with Crippen molar-refractivity contribution in [1.29, 1.82) is 0 Å². The summed E-state index contributed by atoms with van der Waals surface area (Å²) in [6.45, 7) is 0.631. The Bertz CT molecular complexity index is 362. The number of halogens is 1. The standard InChI is InChI=1S/C11H15FN2O2/c1-13-11(16)7-14(2)6-8-3-9(12)5-10(15)4-8/h3-5,15H,6-7H2,1-2H3,(H,13,16). The molecule has 0 atom stereocenters. The van der Waals surface area contributed by atoms with Gasteiger partial charge in [-0.25, -0.2) is 4.39 Å². The largest absolute Gasteiger partial charge is 0.508 e. The van der Waals surface area contributed by atoms with Crippen molar-refractivity contribution in [3.63, 3.8) is 0 Å². The lowest BCUT2D eigenvalue weighted by molar-refractivity contribution is -0.121. The lowest BCUT2D eigenvalue weighted by Crippen LogP contribution is -2.32. The second-order valence-electron chi connectivity index (χ2n) is 3.66. The van der Waals surface area contributed by atoms with Gasteiger partial charge in [0.15, 0.2) is 0 Å². The molecule has 0 saturated heterocycles. The van der Waals surface area contributed by atoms with Gasteiger partial charge in [-0.05, 0) is 24.7 Å². The summed E-state index contributed by atoms with van der Waals surface area (Å²) >= 11 is 0. The minimum Gasteiger partial charge on any atom is -0.508 e. The van der Waals surface area contributed by atoms with Gasteiger partial charge in [0.1, 0.15) is 11.6 Å². The van der Waals surface area contributed by atoms with E-state index in [1.807, 2.05) is 0 Å². The van der Waals surface area contributed by atoms with Crippen molar-refractivity contribution in [1.82, 2.24) is 10.2 Å². The normalized spacial score (nSPS) is 10.5. The third kappa shape index (κ3) is 3.86. The van der Waals surface area contributed by atoms with Gasteiger partial charge in [-0.2, -0.15) is 0 Å². The summed E-state index contributed by atoms with van der Waals surface area (Å²) in [5, 5.41) is 11.7. The maximum Gasteiger partial charge on any atom is 0.233 e. The molecule has 1 aromatic rings. The van der Waals surface area contributed by atoms with Gasteiger partial charge < -0.3 is 10.4 Å². The predicted molar refractivity (Wildman–Crippen MR) is 58.5 cm³/mol. The molecule has 0 saturated carbocycles. The second kappa shape index (κ2) is 5.46. The summed E-state index contributed by atoms with van der Waals surface area (Å²) in [6.07, 6.45) is 0. The molecule has 0 spiro atoms. The van der Waals surface area contributed by atoms with Gasteiger partial charge in [-0.15, -0.1) is 0 Å². The van der Waals surface area contributed by atoms with E-state index in [4.69, 9.17) is 0 Å². The Morgan fingerprint density at radius 2 is 2.19 bits per heavy atom. The highest BCUT2D eigenvalue weighted by atomic mass is 19.1.